The van der Waals surface area contributed by atoms with Gasteiger partial charge in [0.1, 0.15) is 0 Å². The minimum absolute atomic E-state index is 0. The Morgan fingerprint density at radius 3 is 0.938 bits per heavy atom. The zero-order chi connectivity index (χ0) is 7.07. The Morgan fingerprint density at radius 1 is 0.562 bits per heavy atom. The molecule has 0 bridgehead atoms. The molecule has 0 nitrogen and oxygen atoms in total. The molecule has 3 radical (unpaired) electrons. The minimum atomic E-state index is 0. The van der Waals surface area contributed by atoms with E-state index >= 15 is 0 Å². The van der Waals surface area contributed by atoms with Crippen molar-refractivity contribution in [3.8, 4) is 0 Å². The first-order valence-corrected chi connectivity index (χ1v) is 3.33. The Balaban J connectivity index is -0.0000000227. The van der Waals surface area contributed by atoms with Gasteiger partial charge in [0.2, 0.25) is 0 Å². The van der Waals surface area contributed by atoms with Crippen LogP contribution in [0.3, 0.4) is 0 Å². The average Bonchev–Trinajstić information content (AvgIpc) is 2.67. The summed E-state index contributed by atoms with van der Waals surface area (Å²) in [5.74, 6) is 0. The van der Waals surface area contributed by atoms with Crippen LogP contribution in [0, 0.1) is 76.6 Å². The van der Waals surface area contributed by atoms with Crippen LogP contribution in [0.15, 0.2) is 60.7 Å². The van der Waals surface area contributed by atoms with Crippen LogP contribution >= 0.6 is 0 Å². The number of hydrogen-bond acceptors (Lipinski definition) is 0. The third kappa shape index (κ3) is 24.1. The molecule has 2 aromatic carbocycles. The molecule has 0 saturated heterocycles. The molecule has 0 saturated carbocycles. The molecular formula is C14H22AlYb-10. The Hall–Kier alpha value is 0.752. The molecule has 0 fully saturated rings. The number of hydrogen-bond donors (Lipinski definition) is 0. The Bertz CT molecular complexity index is 150. The van der Waals surface area contributed by atoms with E-state index in [-0.39, 0.29) is 94.0 Å². The van der Waals surface area contributed by atoms with Gasteiger partial charge in [0.25, 0.3) is 0 Å². The van der Waals surface area contributed by atoms with E-state index in [0.29, 0.717) is 0 Å². The van der Waals surface area contributed by atoms with E-state index in [0.717, 1.165) is 0 Å². The van der Waals surface area contributed by atoms with E-state index < -0.39 is 0 Å². The van der Waals surface area contributed by atoms with Gasteiger partial charge in [0.05, 0.1) is 0 Å². The average molecular weight is 390 g/mol. The zero-order valence-electron chi connectivity index (χ0n) is 10.6. The molecular weight excluding hydrogens is 368 g/mol. The molecule has 0 heterocycles. The fourth-order valence-corrected chi connectivity index (χ4v) is 0.642. The maximum absolute atomic E-state index is 2.00. The molecule has 2 aromatic rings. The van der Waals surface area contributed by atoms with Crippen LogP contribution in [0.2, 0.25) is 0 Å². The van der Waals surface area contributed by atoms with Crippen molar-refractivity contribution in [2.45, 2.75) is 0 Å². The minimum Gasteiger partial charge on any atom is -0.748 e. The predicted molar refractivity (Wildman–Crippen MR) is 75.5 cm³/mol. The van der Waals surface area contributed by atoms with Gasteiger partial charge >= 0.3 is 0 Å². The Kier molecular flexibility index (Phi) is 66.6. The first-order valence-electron chi connectivity index (χ1n) is 3.33. The van der Waals surface area contributed by atoms with Crippen LogP contribution < -0.4 is 0 Å². The van der Waals surface area contributed by atoms with Crippen LogP contribution in [0.1, 0.15) is 0 Å². The van der Waals surface area contributed by atoms with Gasteiger partial charge in [0, 0.05) is 64.3 Å². The monoisotopic (exact) mass is 391 g/mol. The fraction of sp³-hybridized carbons (Fsp3) is 0. The van der Waals surface area contributed by atoms with E-state index in [2.05, 4.69) is 0 Å². The van der Waals surface area contributed by atoms with Gasteiger partial charge < -0.3 is 60.0 Å². The Labute approximate surface area is 153 Å². The van der Waals surface area contributed by atoms with Gasteiger partial charge in [-0.2, -0.15) is 18.2 Å². The van der Waals surface area contributed by atoms with Crippen LogP contribution in [0.5, 0.6) is 0 Å². The third-order valence-electron chi connectivity index (χ3n) is 1.11. The van der Waals surface area contributed by atoms with Gasteiger partial charge in [-0.15, -0.1) is 0 Å². The molecule has 0 aliphatic heterocycles. The van der Waals surface area contributed by atoms with Crippen LogP contribution in [-0.4, -0.2) is 17.4 Å². The topological polar surface area (TPSA) is 0 Å². The van der Waals surface area contributed by atoms with Crippen LogP contribution in [0.25, 0.3) is 0 Å². The quantitative estimate of drug-likeness (QED) is 0.467. The van der Waals surface area contributed by atoms with Gasteiger partial charge in [-0.25, -0.2) is 12.1 Å². The normalized spacial score (nSPS) is 5.00. The number of rotatable bonds is 0. The van der Waals surface area contributed by atoms with E-state index in [9.17, 15) is 0 Å². The summed E-state index contributed by atoms with van der Waals surface area (Å²) in [4.78, 5) is 0. The fourth-order valence-electron chi connectivity index (χ4n) is 0.642. The van der Waals surface area contributed by atoms with Crippen LogP contribution in [-0.2, 0) is 0 Å². The standard InChI is InChI=1S/2C5H5.4CH3.Al.Yb/c2*1-2-4-5-3-1;;;;;;/h2*1-5H;4*1H3;;/q-5;5*-1;;. The molecule has 0 amide bonds. The van der Waals surface area contributed by atoms with Gasteiger partial charge in [-0.1, -0.05) is 0 Å². The summed E-state index contributed by atoms with van der Waals surface area (Å²) >= 11 is 0. The van der Waals surface area contributed by atoms with Crippen molar-refractivity contribution in [2.75, 3.05) is 0 Å². The maximum atomic E-state index is 2.00. The van der Waals surface area contributed by atoms with Crippen molar-refractivity contribution in [3.63, 3.8) is 0 Å². The summed E-state index contributed by atoms with van der Waals surface area (Å²) in [6.07, 6.45) is 0. The van der Waals surface area contributed by atoms with Crippen molar-refractivity contribution in [1.82, 2.24) is 0 Å². The molecule has 0 spiro atoms. The third-order valence-corrected chi connectivity index (χ3v) is 1.11. The largest absolute Gasteiger partial charge is 0.748 e. The molecule has 0 atom stereocenters. The zero-order valence-corrected chi connectivity index (χ0v) is 13.5. The molecule has 0 aromatic heterocycles. The van der Waals surface area contributed by atoms with E-state index in [1.54, 1.807) is 0 Å². The van der Waals surface area contributed by atoms with Crippen molar-refractivity contribution in [1.29, 1.82) is 0 Å². The smallest absolute Gasteiger partial charge is 0 e. The van der Waals surface area contributed by atoms with Crippen molar-refractivity contribution in [2.24, 2.45) is 0 Å². The summed E-state index contributed by atoms with van der Waals surface area (Å²) < 4.78 is 0. The maximum Gasteiger partial charge on any atom is 0 e. The molecule has 0 N–H and O–H groups in total. The van der Waals surface area contributed by atoms with E-state index in [4.69, 9.17) is 0 Å². The summed E-state index contributed by atoms with van der Waals surface area (Å²) in [6, 6.07) is 20.0. The van der Waals surface area contributed by atoms with Crippen molar-refractivity contribution < 1.29 is 46.9 Å². The Morgan fingerprint density at radius 2 is 0.812 bits per heavy atom. The van der Waals surface area contributed by atoms with Crippen molar-refractivity contribution in [3.05, 3.63) is 90.4 Å². The molecule has 0 aliphatic rings. The van der Waals surface area contributed by atoms with Crippen LogP contribution in [0.4, 0.5) is 0 Å². The first kappa shape index (κ1) is 36.0. The molecule has 2 heteroatoms. The first-order chi connectivity index (χ1) is 5.00. The van der Waals surface area contributed by atoms with E-state index in [1.165, 1.54) is 0 Å². The second kappa shape index (κ2) is 29.7. The summed E-state index contributed by atoms with van der Waals surface area (Å²) in [5.41, 5.74) is 0. The van der Waals surface area contributed by atoms with E-state index in [1.807, 2.05) is 60.7 Å². The van der Waals surface area contributed by atoms with Gasteiger partial charge in [-0.05, 0) is 0 Å². The van der Waals surface area contributed by atoms with Crippen molar-refractivity contribution >= 4 is 17.4 Å². The summed E-state index contributed by atoms with van der Waals surface area (Å²) in [5, 5.41) is 0. The molecule has 16 heavy (non-hydrogen) atoms. The molecule has 105 valence electrons. The second-order valence-corrected chi connectivity index (χ2v) is 1.92. The summed E-state index contributed by atoms with van der Waals surface area (Å²) in [6.45, 7) is 0. The van der Waals surface area contributed by atoms with Gasteiger partial charge in [-0.3, -0.25) is 0 Å². The SMILES string of the molecule is [Al].[CH3-].[CH3-].[CH3-].[CH3-].[Yb].[cH-]1[cH-][cH-][cH-][cH-]1.c1cc[cH-]c1. The van der Waals surface area contributed by atoms with Gasteiger partial charge in [0.15, 0.2) is 0 Å². The molecule has 0 unspecified atom stereocenters. The second-order valence-electron chi connectivity index (χ2n) is 1.92. The predicted octanol–water partition coefficient (Wildman–Crippen LogP) is 4.23. The molecule has 0 aliphatic carbocycles. The molecule has 2 rings (SSSR count). The summed E-state index contributed by atoms with van der Waals surface area (Å²) in [7, 11) is 0.